The molecular formula is C36H43ClN2O4. The first-order valence-electron chi connectivity index (χ1n) is 15.0. The smallest absolute Gasteiger partial charge is 0.127 e. The number of rotatable bonds is 10. The lowest BCUT2D eigenvalue weighted by molar-refractivity contribution is 0.277. The minimum absolute atomic E-state index is 0. The number of aryl methyl sites for hydroxylation is 2. The van der Waals surface area contributed by atoms with Gasteiger partial charge in [-0.1, -0.05) is 35.4 Å². The monoisotopic (exact) mass is 602 g/mol. The van der Waals surface area contributed by atoms with Crippen molar-refractivity contribution in [1.29, 1.82) is 0 Å². The van der Waals surface area contributed by atoms with Crippen LogP contribution in [-0.4, -0.2) is 38.4 Å². The Bertz CT molecular complexity index is 1230. The largest absolute Gasteiger partial charge is 0.492 e. The van der Waals surface area contributed by atoms with E-state index in [1.807, 2.05) is 97.1 Å². The molecule has 4 aromatic rings. The van der Waals surface area contributed by atoms with Gasteiger partial charge in [0, 0.05) is 12.1 Å². The minimum atomic E-state index is 0. The maximum Gasteiger partial charge on any atom is 0.127 e. The normalized spacial score (nSPS) is 17.3. The van der Waals surface area contributed by atoms with Gasteiger partial charge in [-0.25, -0.2) is 0 Å². The molecule has 0 spiro atoms. The number of hydrogen-bond donors (Lipinski definition) is 2. The van der Waals surface area contributed by atoms with Crippen molar-refractivity contribution in [3.63, 3.8) is 0 Å². The van der Waals surface area contributed by atoms with Crippen molar-refractivity contribution >= 4 is 12.4 Å². The van der Waals surface area contributed by atoms with Gasteiger partial charge < -0.3 is 29.6 Å². The molecule has 0 amide bonds. The Morgan fingerprint density at radius 1 is 0.488 bits per heavy atom. The van der Waals surface area contributed by atoms with E-state index in [0.717, 1.165) is 60.8 Å². The second kappa shape index (κ2) is 16.8. The van der Waals surface area contributed by atoms with E-state index >= 15 is 0 Å². The van der Waals surface area contributed by atoms with Gasteiger partial charge in [0.1, 0.15) is 47.7 Å². The Labute approximate surface area is 262 Å². The zero-order valence-electron chi connectivity index (χ0n) is 25.1. The van der Waals surface area contributed by atoms with Crippen LogP contribution in [0.1, 0.15) is 36.8 Å². The zero-order valence-corrected chi connectivity index (χ0v) is 25.9. The molecule has 2 fully saturated rings. The molecule has 0 aliphatic carbocycles. The van der Waals surface area contributed by atoms with Crippen LogP contribution in [0.15, 0.2) is 97.1 Å². The molecule has 0 bridgehead atoms. The van der Waals surface area contributed by atoms with Crippen LogP contribution in [0.3, 0.4) is 0 Å². The highest BCUT2D eigenvalue weighted by molar-refractivity contribution is 5.85. The van der Waals surface area contributed by atoms with Gasteiger partial charge in [-0.05, 0) is 125 Å². The summed E-state index contributed by atoms with van der Waals surface area (Å²) in [5, 5.41) is 6.85. The second-order valence-corrected chi connectivity index (χ2v) is 11.0. The molecule has 6 nitrogen and oxygen atoms in total. The predicted molar refractivity (Wildman–Crippen MR) is 176 cm³/mol. The number of hydrogen-bond acceptors (Lipinski definition) is 6. The lowest BCUT2D eigenvalue weighted by atomic mass is 10.2. The molecule has 2 aliphatic rings. The van der Waals surface area contributed by atoms with Crippen LogP contribution in [0, 0.1) is 13.8 Å². The van der Waals surface area contributed by atoms with Crippen LogP contribution in [0.25, 0.3) is 0 Å². The van der Waals surface area contributed by atoms with Gasteiger partial charge in [-0.2, -0.15) is 0 Å². The molecule has 0 saturated carbocycles. The summed E-state index contributed by atoms with van der Waals surface area (Å²) in [6.07, 6.45) is 4.90. The zero-order chi connectivity index (χ0) is 29.0. The van der Waals surface area contributed by atoms with E-state index < -0.39 is 0 Å². The van der Waals surface area contributed by atoms with Gasteiger partial charge in [-0.3, -0.25) is 0 Å². The Morgan fingerprint density at radius 2 is 0.791 bits per heavy atom. The number of nitrogens with one attached hydrogen (secondary N) is 2. The van der Waals surface area contributed by atoms with Crippen LogP contribution < -0.4 is 29.6 Å². The fraction of sp³-hybridized carbons (Fsp3) is 0.333. The molecule has 0 unspecified atom stereocenters. The van der Waals surface area contributed by atoms with Crippen molar-refractivity contribution in [2.45, 2.75) is 51.6 Å². The van der Waals surface area contributed by atoms with E-state index in [2.05, 4.69) is 24.5 Å². The fourth-order valence-electron chi connectivity index (χ4n) is 4.88. The molecule has 2 saturated heterocycles. The fourth-order valence-corrected chi connectivity index (χ4v) is 4.88. The Balaban J connectivity index is 0.000000192. The third-order valence-electron chi connectivity index (χ3n) is 7.39. The van der Waals surface area contributed by atoms with Crippen LogP contribution in [0.4, 0.5) is 0 Å². The average Bonchev–Trinajstić information content (AvgIpc) is 3.74. The van der Waals surface area contributed by atoms with Crippen LogP contribution >= 0.6 is 12.4 Å². The Hall–Kier alpha value is -3.71. The van der Waals surface area contributed by atoms with E-state index in [1.165, 1.54) is 36.8 Å². The lowest BCUT2D eigenvalue weighted by Crippen LogP contribution is -2.28. The van der Waals surface area contributed by atoms with Crippen LogP contribution in [-0.2, 0) is 0 Å². The average molecular weight is 603 g/mol. The summed E-state index contributed by atoms with van der Waals surface area (Å²) < 4.78 is 23.2. The number of benzene rings is 4. The van der Waals surface area contributed by atoms with E-state index in [4.69, 9.17) is 18.9 Å². The summed E-state index contributed by atoms with van der Waals surface area (Å²) in [5.74, 6) is 5.13. The first-order valence-corrected chi connectivity index (χ1v) is 15.0. The first-order chi connectivity index (χ1) is 20.6. The molecule has 2 heterocycles. The molecule has 0 radical (unpaired) electrons. The topological polar surface area (TPSA) is 61.0 Å². The van der Waals surface area contributed by atoms with Gasteiger partial charge in [0.25, 0.3) is 0 Å². The van der Waals surface area contributed by atoms with Crippen molar-refractivity contribution in [1.82, 2.24) is 10.6 Å². The number of ether oxygens (including phenoxy) is 4. The summed E-state index contributed by atoms with van der Waals surface area (Å²) in [4.78, 5) is 0. The number of halogens is 1. The van der Waals surface area contributed by atoms with Gasteiger partial charge in [0.05, 0.1) is 0 Å². The second-order valence-electron chi connectivity index (χ2n) is 11.0. The molecule has 228 valence electrons. The van der Waals surface area contributed by atoms with Crippen molar-refractivity contribution in [2.24, 2.45) is 0 Å². The standard InChI is InChI=1S/2C18H21NO2.ClH/c2*1-14-4-6-17(7-5-14)21-18-10-8-16(9-11-18)20-13-15-3-2-12-19-15;/h2*4-11,15,19H,2-3,12-13H2,1H3;1H/t2*15-;/m00./s1. The highest BCUT2D eigenvalue weighted by Crippen LogP contribution is 2.25. The summed E-state index contributed by atoms with van der Waals surface area (Å²) in [6, 6.07) is 32.7. The van der Waals surface area contributed by atoms with Crippen molar-refractivity contribution < 1.29 is 18.9 Å². The molecule has 43 heavy (non-hydrogen) atoms. The van der Waals surface area contributed by atoms with Gasteiger partial charge in [0.15, 0.2) is 0 Å². The highest BCUT2D eigenvalue weighted by Gasteiger charge is 2.15. The molecule has 0 aromatic heterocycles. The highest BCUT2D eigenvalue weighted by atomic mass is 35.5. The van der Waals surface area contributed by atoms with Crippen molar-refractivity contribution in [3.05, 3.63) is 108 Å². The van der Waals surface area contributed by atoms with E-state index in [1.54, 1.807) is 0 Å². The molecule has 4 aromatic carbocycles. The van der Waals surface area contributed by atoms with Crippen molar-refractivity contribution in [3.8, 4) is 34.5 Å². The third-order valence-corrected chi connectivity index (χ3v) is 7.39. The molecular weight excluding hydrogens is 560 g/mol. The minimum Gasteiger partial charge on any atom is -0.492 e. The molecule has 2 atom stereocenters. The van der Waals surface area contributed by atoms with Crippen LogP contribution in [0.5, 0.6) is 34.5 Å². The first kappa shape index (κ1) is 32.2. The molecule has 2 N–H and O–H groups in total. The predicted octanol–water partition coefficient (Wildman–Crippen LogP) is 8.26. The van der Waals surface area contributed by atoms with Crippen molar-refractivity contribution in [2.75, 3.05) is 26.3 Å². The molecule has 6 rings (SSSR count). The van der Waals surface area contributed by atoms with Gasteiger partial charge in [0.2, 0.25) is 0 Å². The summed E-state index contributed by atoms with van der Waals surface area (Å²) in [6.45, 7) is 7.81. The quantitative estimate of drug-likeness (QED) is 0.191. The van der Waals surface area contributed by atoms with Crippen LogP contribution in [0.2, 0.25) is 0 Å². The Kier molecular flexibility index (Phi) is 12.6. The molecule has 2 aliphatic heterocycles. The summed E-state index contributed by atoms with van der Waals surface area (Å²) >= 11 is 0. The molecule has 7 heteroatoms. The van der Waals surface area contributed by atoms with E-state index in [-0.39, 0.29) is 12.4 Å². The van der Waals surface area contributed by atoms with Gasteiger partial charge in [-0.15, -0.1) is 12.4 Å². The SMILES string of the molecule is Cc1ccc(Oc2ccc(OC[C@@H]3CCCN3)cc2)cc1.Cc1ccc(Oc2ccc(OC[C@@H]3CCCN3)cc2)cc1.Cl. The maximum atomic E-state index is 5.80. The third kappa shape index (κ3) is 10.8. The Morgan fingerprint density at radius 3 is 1.09 bits per heavy atom. The lowest BCUT2D eigenvalue weighted by Gasteiger charge is -2.12. The summed E-state index contributed by atoms with van der Waals surface area (Å²) in [7, 11) is 0. The van der Waals surface area contributed by atoms with E-state index in [9.17, 15) is 0 Å². The van der Waals surface area contributed by atoms with E-state index in [0.29, 0.717) is 12.1 Å². The van der Waals surface area contributed by atoms with Gasteiger partial charge >= 0.3 is 0 Å². The summed E-state index contributed by atoms with van der Waals surface area (Å²) in [5.41, 5.74) is 2.46. The maximum absolute atomic E-state index is 5.80.